The quantitative estimate of drug-likeness (QED) is 0.380. The van der Waals surface area contributed by atoms with Crippen molar-refractivity contribution in [2.45, 2.75) is 42.5 Å². The summed E-state index contributed by atoms with van der Waals surface area (Å²) in [6.07, 6.45) is 6.03. The summed E-state index contributed by atoms with van der Waals surface area (Å²) in [5.74, 6) is 0.208. The van der Waals surface area contributed by atoms with Crippen LogP contribution >= 0.6 is 11.8 Å². The van der Waals surface area contributed by atoms with Crippen molar-refractivity contribution in [3.05, 3.63) is 66.1 Å². The summed E-state index contributed by atoms with van der Waals surface area (Å²) >= 11 is 1.37. The maximum atomic E-state index is 12.4. The molecule has 0 aliphatic rings. The molecule has 9 nitrogen and oxygen atoms in total. The van der Waals surface area contributed by atoms with Gasteiger partial charge >= 0.3 is 0 Å². The Balaban J connectivity index is 1.53. The van der Waals surface area contributed by atoms with Crippen molar-refractivity contribution in [3.8, 4) is 6.07 Å². The highest BCUT2D eigenvalue weighted by Gasteiger charge is 2.15. The Labute approximate surface area is 203 Å². The number of aromatic nitrogens is 3. The first-order valence-corrected chi connectivity index (χ1v) is 13.1. The second-order valence-corrected chi connectivity index (χ2v) is 9.99. The molecule has 3 rings (SSSR count). The molecule has 0 atom stereocenters. The molecule has 0 saturated carbocycles. The lowest BCUT2D eigenvalue weighted by molar-refractivity contribution is -0.115. The Bertz CT molecular complexity index is 1260. The highest BCUT2D eigenvalue weighted by molar-refractivity contribution is 7.99. The summed E-state index contributed by atoms with van der Waals surface area (Å²) < 4.78 is 27.2. The molecule has 2 N–H and O–H groups in total. The molecule has 34 heavy (non-hydrogen) atoms. The normalized spacial score (nSPS) is 10.9. The zero-order valence-corrected chi connectivity index (χ0v) is 20.2. The van der Waals surface area contributed by atoms with Crippen molar-refractivity contribution in [1.82, 2.24) is 15.0 Å². The van der Waals surface area contributed by atoms with Gasteiger partial charge in [-0.25, -0.2) is 28.1 Å². The molecule has 1 aromatic carbocycles. The monoisotopic (exact) mass is 496 g/mol. The lowest BCUT2D eigenvalue weighted by Crippen LogP contribution is -2.15. The standard InChI is InChI=1S/C23H24N6O3S2/c1-2-3-5-18-7-6-17(16-24)22(28-18)33-15-12-21(30)27-19-8-10-20(11-9-19)34(31,32)29-23-25-13-4-14-26-23/h4,6-11,13-14H,2-3,5,12,15H2,1H3,(H,27,30)(H,25,26,29). The van der Waals surface area contributed by atoms with E-state index < -0.39 is 10.0 Å². The van der Waals surface area contributed by atoms with Gasteiger partial charge < -0.3 is 5.32 Å². The average molecular weight is 497 g/mol. The molecule has 2 heterocycles. The largest absolute Gasteiger partial charge is 0.326 e. The maximum Gasteiger partial charge on any atom is 0.264 e. The fourth-order valence-electron chi connectivity index (χ4n) is 2.88. The zero-order valence-electron chi connectivity index (χ0n) is 18.6. The molecule has 0 unspecified atom stereocenters. The van der Waals surface area contributed by atoms with Gasteiger partial charge in [0, 0.05) is 35.9 Å². The van der Waals surface area contributed by atoms with Crippen LogP contribution in [-0.4, -0.2) is 35.0 Å². The van der Waals surface area contributed by atoms with Crippen molar-refractivity contribution in [1.29, 1.82) is 5.26 Å². The van der Waals surface area contributed by atoms with E-state index in [4.69, 9.17) is 0 Å². The number of sulfonamides is 1. The number of unbranched alkanes of at least 4 members (excludes halogenated alkanes) is 1. The zero-order chi connectivity index (χ0) is 24.4. The van der Waals surface area contributed by atoms with Crippen LogP contribution in [0.5, 0.6) is 0 Å². The van der Waals surface area contributed by atoms with Crippen LogP contribution in [0.25, 0.3) is 0 Å². The van der Waals surface area contributed by atoms with E-state index in [1.54, 1.807) is 12.1 Å². The van der Waals surface area contributed by atoms with E-state index >= 15 is 0 Å². The van der Waals surface area contributed by atoms with Crippen molar-refractivity contribution in [2.75, 3.05) is 15.8 Å². The molecule has 0 aliphatic carbocycles. The minimum absolute atomic E-state index is 0.0200. The van der Waals surface area contributed by atoms with E-state index in [2.05, 4.69) is 38.0 Å². The van der Waals surface area contributed by atoms with E-state index in [1.165, 1.54) is 48.4 Å². The molecule has 0 spiro atoms. The summed E-state index contributed by atoms with van der Waals surface area (Å²) in [5, 5.41) is 12.7. The molecule has 3 aromatic rings. The Kier molecular flexibility index (Phi) is 8.95. The van der Waals surface area contributed by atoms with E-state index in [9.17, 15) is 18.5 Å². The molecular formula is C23H24N6O3S2. The first-order chi connectivity index (χ1) is 16.4. The van der Waals surface area contributed by atoms with Crippen LogP contribution < -0.4 is 10.0 Å². The van der Waals surface area contributed by atoms with E-state index in [-0.39, 0.29) is 23.2 Å². The number of anilines is 2. The highest BCUT2D eigenvalue weighted by Crippen LogP contribution is 2.22. The van der Waals surface area contributed by atoms with Gasteiger partial charge in [-0.3, -0.25) is 4.79 Å². The number of hydrogen-bond acceptors (Lipinski definition) is 8. The van der Waals surface area contributed by atoms with E-state index in [0.717, 1.165) is 25.0 Å². The Morgan fingerprint density at radius 3 is 2.53 bits per heavy atom. The fourth-order valence-corrected chi connectivity index (χ4v) is 4.77. The van der Waals surface area contributed by atoms with Crippen LogP contribution in [0.3, 0.4) is 0 Å². The number of hydrogen-bond donors (Lipinski definition) is 2. The molecule has 176 valence electrons. The minimum atomic E-state index is -3.84. The number of carbonyl (C=O) groups excluding carboxylic acids is 1. The molecule has 0 bridgehead atoms. The number of nitrogens with one attached hydrogen (secondary N) is 2. The third-order valence-corrected chi connectivity index (χ3v) is 6.97. The second-order valence-electron chi connectivity index (χ2n) is 7.22. The van der Waals surface area contributed by atoms with Gasteiger partial charge in [0.05, 0.1) is 10.5 Å². The molecule has 11 heteroatoms. The summed E-state index contributed by atoms with van der Waals surface area (Å²) in [5.41, 5.74) is 1.91. The van der Waals surface area contributed by atoms with Crippen LogP contribution in [0.15, 0.2) is 64.8 Å². The maximum absolute atomic E-state index is 12.4. The predicted molar refractivity (Wildman–Crippen MR) is 131 cm³/mol. The molecule has 0 radical (unpaired) electrons. The van der Waals surface area contributed by atoms with Gasteiger partial charge in [-0.05, 0) is 55.3 Å². The number of aryl methyl sites for hydroxylation is 1. The summed E-state index contributed by atoms with van der Waals surface area (Å²) in [6, 6.07) is 13.2. The molecule has 0 aliphatic heterocycles. The fraction of sp³-hybridized carbons (Fsp3) is 0.261. The molecule has 1 amide bonds. The SMILES string of the molecule is CCCCc1ccc(C#N)c(SCCC(=O)Nc2ccc(S(=O)(=O)Nc3ncccn3)cc2)n1. The molecule has 0 saturated heterocycles. The first-order valence-electron chi connectivity index (χ1n) is 10.6. The summed E-state index contributed by atoms with van der Waals surface area (Å²) in [4.78, 5) is 24.6. The number of pyridine rings is 1. The van der Waals surface area contributed by atoms with Gasteiger partial charge in [0.25, 0.3) is 10.0 Å². The van der Waals surface area contributed by atoms with Crippen molar-refractivity contribution in [2.24, 2.45) is 0 Å². The highest BCUT2D eigenvalue weighted by atomic mass is 32.2. The van der Waals surface area contributed by atoms with Gasteiger partial charge in [-0.1, -0.05) is 13.3 Å². The van der Waals surface area contributed by atoms with Crippen LogP contribution in [0.4, 0.5) is 11.6 Å². The smallest absolute Gasteiger partial charge is 0.264 e. The van der Waals surface area contributed by atoms with E-state index in [1.807, 2.05) is 6.07 Å². The molecule has 0 fully saturated rings. The number of nitrogens with zero attached hydrogens (tertiary/aromatic N) is 4. The minimum Gasteiger partial charge on any atom is -0.326 e. The third kappa shape index (κ3) is 7.26. The van der Waals surface area contributed by atoms with Crippen LogP contribution in [0.1, 0.15) is 37.4 Å². The summed E-state index contributed by atoms with van der Waals surface area (Å²) in [6.45, 7) is 2.11. The predicted octanol–water partition coefficient (Wildman–Crippen LogP) is 4.01. The topological polar surface area (TPSA) is 138 Å². The first kappa shape index (κ1) is 25.1. The molecule has 2 aromatic heterocycles. The lowest BCUT2D eigenvalue weighted by atomic mass is 10.2. The van der Waals surface area contributed by atoms with E-state index in [0.29, 0.717) is 22.0 Å². The molecular weight excluding hydrogens is 472 g/mol. The van der Waals surface area contributed by atoms with Gasteiger partial charge in [-0.15, -0.1) is 11.8 Å². The Morgan fingerprint density at radius 1 is 1.12 bits per heavy atom. The van der Waals surface area contributed by atoms with Gasteiger partial charge in [0.2, 0.25) is 11.9 Å². The number of nitriles is 1. The number of amides is 1. The van der Waals surface area contributed by atoms with Crippen molar-refractivity contribution in [3.63, 3.8) is 0 Å². The Morgan fingerprint density at radius 2 is 1.85 bits per heavy atom. The third-order valence-electron chi connectivity index (χ3n) is 4.63. The second kappa shape index (κ2) is 12.1. The van der Waals surface area contributed by atoms with Gasteiger partial charge in [0.1, 0.15) is 11.1 Å². The Hall–Kier alpha value is -3.49. The van der Waals surface area contributed by atoms with Gasteiger partial charge in [-0.2, -0.15) is 5.26 Å². The lowest BCUT2D eigenvalue weighted by Gasteiger charge is -2.09. The van der Waals surface area contributed by atoms with Crippen LogP contribution in [-0.2, 0) is 21.2 Å². The van der Waals surface area contributed by atoms with Crippen LogP contribution in [0.2, 0.25) is 0 Å². The number of carbonyl (C=O) groups is 1. The van der Waals surface area contributed by atoms with Crippen molar-refractivity contribution >= 4 is 39.3 Å². The van der Waals surface area contributed by atoms with Gasteiger partial charge in [0.15, 0.2) is 0 Å². The van der Waals surface area contributed by atoms with Crippen LogP contribution in [0, 0.1) is 11.3 Å². The summed E-state index contributed by atoms with van der Waals surface area (Å²) in [7, 11) is -3.84. The number of thioether (sulfide) groups is 1. The number of rotatable bonds is 11. The van der Waals surface area contributed by atoms with Crippen molar-refractivity contribution < 1.29 is 13.2 Å². The number of benzene rings is 1. The average Bonchev–Trinajstić information content (AvgIpc) is 2.83.